The number of rotatable bonds is 16. The van der Waals surface area contributed by atoms with Gasteiger partial charge in [-0.25, -0.2) is 18.8 Å². The number of nitrogens with one attached hydrogen (secondary N) is 2. The van der Waals surface area contributed by atoms with Crippen LogP contribution in [0.3, 0.4) is 0 Å². The Morgan fingerprint density at radius 2 is 1.57 bits per heavy atom. The molecule has 0 saturated heterocycles. The van der Waals surface area contributed by atoms with Gasteiger partial charge >= 0.3 is 0 Å². The van der Waals surface area contributed by atoms with Crippen molar-refractivity contribution >= 4 is 21.6 Å². The highest BCUT2D eigenvalue weighted by molar-refractivity contribution is 7.91. The van der Waals surface area contributed by atoms with E-state index in [1.165, 1.54) is 0 Å². The molecule has 11 heteroatoms. The van der Waals surface area contributed by atoms with Crippen molar-refractivity contribution in [1.29, 1.82) is 0 Å². The average molecular weight is 658 g/mol. The minimum atomic E-state index is -3.76. The van der Waals surface area contributed by atoms with Crippen molar-refractivity contribution in [2.75, 3.05) is 32.6 Å². The molecule has 0 radical (unpaired) electrons. The molecule has 1 aliphatic heterocycles. The minimum absolute atomic E-state index is 0.0318. The lowest BCUT2D eigenvalue weighted by molar-refractivity contribution is -0.130. The maximum atomic E-state index is 14.3. The van der Waals surface area contributed by atoms with Crippen LogP contribution in [0.15, 0.2) is 119 Å². The van der Waals surface area contributed by atoms with Crippen molar-refractivity contribution in [2.45, 2.75) is 35.8 Å². The van der Waals surface area contributed by atoms with E-state index in [1.54, 1.807) is 61.7 Å². The highest BCUT2D eigenvalue weighted by Crippen LogP contribution is 2.43. The summed E-state index contributed by atoms with van der Waals surface area (Å²) in [6, 6.07) is 32.1. The van der Waals surface area contributed by atoms with E-state index in [-0.39, 0.29) is 29.6 Å². The van der Waals surface area contributed by atoms with E-state index in [0.717, 1.165) is 11.3 Å². The zero-order valence-electron chi connectivity index (χ0n) is 26.2. The summed E-state index contributed by atoms with van der Waals surface area (Å²) >= 11 is 0. The Balaban J connectivity index is 1.44. The Hall–Kier alpha value is -4.71. The summed E-state index contributed by atoms with van der Waals surface area (Å²) < 4.78 is 44.3. The zero-order valence-corrected chi connectivity index (χ0v) is 27.0. The summed E-state index contributed by atoms with van der Waals surface area (Å²) in [6.07, 6.45) is 0.0864. The molecule has 246 valence electrons. The summed E-state index contributed by atoms with van der Waals surface area (Å²) in [6.45, 7) is 0.819. The number of sulfone groups is 1. The molecule has 0 fully saturated rings. The molecule has 0 aliphatic carbocycles. The maximum Gasteiger partial charge on any atom is 0.266 e. The van der Waals surface area contributed by atoms with Crippen molar-refractivity contribution in [1.82, 2.24) is 10.9 Å². The monoisotopic (exact) mass is 657 g/mol. The first-order chi connectivity index (χ1) is 22.8. The second-order valence-corrected chi connectivity index (χ2v) is 13.2. The van der Waals surface area contributed by atoms with Crippen LogP contribution in [0.1, 0.15) is 35.6 Å². The zero-order chi connectivity index (χ0) is 33.1. The van der Waals surface area contributed by atoms with Gasteiger partial charge in [0.1, 0.15) is 11.5 Å². The van der Waals surface area contributed by atoms with Gasteiger partial charge < -0.3 is 19.3 Å². The molecular formula is C36H39N3O7S. The van der Waals surface area contributed by atoms with Crippen LogP contribution in [0.2, 0.25) is 0 Å². The summed E-state index contributed by atoms with van der Waals surface area (Å²) in [5.41, 5.74) is 6.53. The molecule has 3 N–H and O–H groups in total. The predicted octanol–water partition coefficient (Wildman–Crippen LogP) is 4.44. The number of carbonyl (C=O) groups excluding carboxylic acids is 1. The first kappa shape index (κ1) is 33.6. The number of methoxy groups -OCH3 is 1. The molecule has 10 nitrogen and oxygen atoms in total. The highest BCUT2D eigenvalue weighted by atomic mass is 32.2. The fourth-order valence-corrected chi connectivity index (χ4v) is 6.67. The van der Waals surface area contributed by atoms with Gasteiger partial charge in [-0.3, -0.25) is 10.2 Å². The molecule has 0 saturated carbocycles. The van der Waals surface area contributed by atoms with E-state index in [2.05, 4.69) is 10.9 Å². The molecular weight excluding hydrogens is 618 g/mol. The lowest BCUT2D eigenvalue weighted by Crippen LogP contribution is -2.53. The number of hydrogen-bond donors (Lipinski definition) is 3. The lowest BCUT2D eigenvalue weighted by Gasteiger charge is -2.30. The number of aliphatic hydroxyl groups excluding tert-OH is 1. The number of carbonyl (C=O) groups is 1. The van der Waals surface area contributed by atoms with Gasteiger partial charge in [0.2, 0.25) is 5.90 Å². The highest BCUT2D eigenvalue weighted by Gasteiger charge is 2.53. The van der Waals surface area contributed by atoms with Crippen molar-refractivity contribution in [2.24, 2.45) is 4.99 Å². The third kappa shape index (κ3) is 8.37. The first-order valence-corrected chi connectivity index (χ1v) is 17.1. The Kier molecular flexibility index (Phi) is 11.3. The van der Waals surface area contributed by atoms with Crippen molar-refractivity contribution in [3.05, 3.63) is 126 Å². The topological polar surface area (TPSA) is 136 Å². The number of hydrogen-bond acceptors (Lipinski definition) is 9. The van der Waals surface area contributed by atoms with Gasteiger partial charge in [0.15, 0.2) is 21.5 Å². The van der Waals surface area contributed by atoms with Crippen molar-refractivity contribution in [3.63, 3.8) is 0 Å². The van der Waals surface area contributed by atoms with Gasteiger partial charge in [-0.15, -0.1) is 0 Å². The number of amides is 1. The third-order valence-electron chi connectivity index (χ3n) is 7.89. The van der Waals surface area contributed by atoms with Crippen LogP contribution in [0.5, 0.6) is 11.5 Å². The van der Waals surface area contributed by atoms with Gasteiger partial charge in [0.25, 0.3) is 5.91 Å². The number of ether oxygens (including phenoxy) is 3. The van der Waals surface area contributed by atoms with Crippen LogP contribution in [-0.2, 0) is 25.8 Å². The smallest absolute Gasteiger partial charge is 0.266 e. The second-order valence-electron chi connectivity index (χ2n) is 11.1. The average Bonchev–Trinajstić information content (AvgIpc) is 3.52. The Morgan fingerprint density at radius 3 is 2.23 bits per heavy atom. The SMILES string of the molecule is COc1ccc(CCNNC(=O)[C@@]2(CCS(=O)(=O)c3ccccc3)N=C(c3ccc(OCCCO)cc3)O[C@H]2c2ccccc2)cc1. The third-order valence-corrected chi connectivity index (χ3v) is 9.62. The maximum absolute atomic E-state index is 14.3. The minimum Gasteiger partial charge on any atom is -0.497 e. The molecule has 1 aliphatic rings. The largest absolute Gasteiger partial charge is 0.497 e. The number of nitrogens with zero attached hydrogens (tertiary/aromatic N) is 1. The summed E-state index contributed by atoms with van der Waals surface area (Å²) in [5, 5.41) is 9.05. The van der Waals surface area contributed by atoms with Gasteiger partial charge in [0, 0.05) is 31.6 Å². The van der Waals surface area contributed by atoms with Crippen LogP contribution in [0, 0.1) is 0 Å². The summed E-state index contributed by atoms with van der Waals surface area (Å²) in [7, 11) is -2.15. The molecule has 1 heterocycles. The van der Waals surface area contributed by atoms with Crippen molar-refractivity contribution < 1.29 is 32.5 Å². The van der Waals surface area contributed by atoms with Crippen molar-refractivity contribution in [3.8, 4) is 11.5 Å². The summed E-state index contributed by atoms with van der Waals surface area (Å²) in [4.78, 5) is 19.3. The molecule has 0 unspecified atom stereocenters. The lowest BCUT2D eigenvalue weighted by atomic mass is 9.85. The Labute approximate surface area is 275 Å². The van der Waals surface area contributed by atoms with E-state index < -0.39 is 27.4 Å². The molecule has 0 aromatic heterocycles. The van der Waals surface area contributed by atoms with Crippen LogP contribution in [0.25, 0.3) is 0 Å². The fourth-order valence-electron chi connectivity index (χ4n) is 5.28. The quantitative estimate of drug-likeness (QED) is 0.119. The van der Waals surface area contributed by atoms with E-state index in [4.69, 9.17) is 24.3 Å². The van der Waals surface area contributed by atoms with Gasteiger partial charge in [0.05, 0.1) is 24.4 Å². The van der Waals surface area contributed by atoms with E-state index in [1.807, 2.05) is 54.6 Å². The number of hydrazine groups is 1. The van der Waals surface area contributed by atoms with Gasteiger partial charge in [-0.2, -0.15) is 0 Å². The Morgan fingerprint density at radius 1 is 0.915 bits per heavy atom. The van der Waals surface area contributed by atoms with Gasteiger partial charge in [-0.05, 0) is 66.1 Å². The van der Waals surface area contributed by atoms with Gasteiger partial charge in [-0.1, -0.05) is 60.7 Å². The molecule has 0 spiro atoms. The normalized spacial score (nSPS) is 17.4. The Bertz CT molecular complexity index is 1730. The predicted molar refractivity (Wildman–Crippen MR) is 179 cm³/mol. The molecule has 47 heavy (non-hydrogen) atoms. The molecule has 4 aromatic carbocycles. The van der Waals surface area contributed by atoms with Crippen LogP contribution in [-0.4, -0.2) is 63.5 Å². The standard InChI is InChI=1S/C36H39N3O7S/c1-44-30-17-13-27(14-18-30)21-23-37-39-35(41)36(22-26-47(42,43)32-11-6-3-7-12-32)33(28-9-4-2-5-10-28)46-34(38-36)29-15-19-31(20-16-29)45-25-8-24-40/h2-7,9-20,33,37,40H,8,21-26H2,1H3,(H,39,41)/t33-,36-/m0/s1. The molecule has 5 rings (SSSR count). The molecule has 1 amide bonds. The molecule has 2 atom stereocenters. The van der Waals surface area contributed by atoms with Crippen LogP contribution >= 0.6 is 0 Å². The van der Waals surface area contributed by atoms with Crippen LogP contribution in [0.4, 0.5) is 0 Å². The first-order valence-electron chi connectivity index (χ1n) is 15.4. The molecule has 4 aromatic rings. The fraction of sp³-hybridized carbons (Fsp3) is 0.278. The second kappa shape index (κ2) is 15.7. The number of benzene rings is 4. The van der Waals surface area contributed by atoms with Crippen LogP contribution < -0.4 is 20.3 Å². The summed E-state index contributed by atoms with van der Waals surface area (Å²) in [5.74, 6) is 0.735. The number of aliphatic imine (C=N–C) groups is 1. The molecule has 0 bridgehead atoms. The van der Waals surface area contributed by atoms with E-state index >= 15 is 0 Å². The number of aliphatic hydroxyl groups is 1. The van der Waals surface area contributed by atoms with E-state index in [0.29, 0.717) is 42.9 Å². The van der Waals surface area contributed by atoms with E-state index in [9.17, 15) is 13.2 Å².